The van der Waals surface area contributed by atoms with Crippen molar-refractivity contribution in [2.45, 2.75) is 6.29 Å². The summed E-state index contributed by atoms with van der Waals surface area (Å²) in [7, 11) is 1.65. The van der Waals surface area contributed by atoms with Crippen LogP contribution in [0.25, 0.3) is 16.9 Å². The summed E-state index contributed by atoms with van der Waals surface area (Å²) in [5.41, 5.74) is 0.494. The minimum Gasteiger partial charge on any atom is -0.363 e. The minimum absolute atomic E-state index is 0.127. The van der Waals surface area contributed by atoms with Crippen LogP contribution < -0.4 is 5.56 Å². The fourth-order valence-corrected chi connectivity index (χ4v) is 2.14. The summed E-state index contributed by atoms with van der Waals surface area (Å²) in [6, 6.07) is 6.24. The number of hydrogen-bond donors (Lipinski definition) is 2. The Labute approximate surface area is 129 Å². The second-order valence-corrected chi connectivity index (χ2v) is 4.82. The van der Waals surface area contributed by atoms with Crippen LogP contribution in [0.15, 0.2) is 41.3 Å². The Hall–Kier alpha value is -2.91. The molecule has 23 heavy (non-hydrogen) atoms. The largest absolute Gasteiger partial charge is 0.363 e. The first-order valence-electron chi connectivity index (χ1n) is 6.58. The van der Waals surface area contributed by atoms with Crippen molar-refractivity contribution < 1.29 is 14.6 Å². The van der Waals surface area contributed by atoms with Gasteiger partial charge in [0.05, 0.1) is 17.6 Å². The molecular weight excluding hydrogens is 305 g/mol. The summed E-state index contributed by atoms with van der Waals surface area (Å²) in [6.07, 6.45) is -0.376. The fourth-order valence-electron chi connectivity index (χ4n) is 2.14. The Kier molecular flexibility index (Phi) is 3.72. The monoisotopic (exact) mass is 317 g/mol. The summed E-state index contributed by atoms with van der Waals surface area (Å²) in [4.78, 5) is 12.0. The smallest absolute Gasteiger partial charge is 0.271 e. The molecule has 0 saturated carbocycles. The van der Waals surface area contributed by atoms with Crippen molar-refractivity contribution in [3.63, 3.8) is 0 Å². The normalized spacial score (nSPS) is 11.2. The standard InChI is InChI=1S/C14H12FN5O3/c1-19-12(7-16-18-19)8-4-9(15)6-10(5-8)20-13(21)3-2-11(17-20)14(22)23/h2-7,14,22-23H,1H3. The maximum absolute atomic E-state index is 13.9. The molecule has 3 rings (SSSR count). The second kappa shape index (κ2) is 5.71. The van der Waals surface area contributed by atoms with E-state index in [9.17, 15) is 9.18 Å². The van der Waals surface area contributed by atoms with Crippen molar-refractivity contribution in [2.75, 3.05) is 0 Å². The molecule has 0 fully saturated rings. The lowest BCUT2D eigenvalue weighted by molar-refractivity contribution is -0.0468. The van der Waals surface area contributed by atoms with Gasteiger partial charge in [0.15, 0.2) is 6.29 Å². The van der Waals surface area contributed by atoms with E-state index in [2.05, 4.69) is 15.4 Å². The molecule has 0 saturated heterocycles. The van der Waals surface area contributed by atoms with Crippen LogP contribution in [0.1, 0.15) is 12.0 Å². The lowest BCUT2D eigenvalue weighted by Gasteiger charge is -2.10. The molecule has 0 amide bonds. The van der Waals surface area contributed by atoms with Crippen LogP contribution >= 0.6 is 0 Å². The predicted octanol–water partition coefficient (Wildman–Crippen LogP) is 0.150. The zero-order valence-corrected chi connectivity index (χ0v) is 12.0. The first-order valence-corrected chi connectivity index (χ1v) is 6.58. The highest BCUT2D eigenvalue weighted by atomic mass is 19.1. The number of halogens is 1. The van der Waals surface area contributed by atoms with Gasteiger partial charge in [0.2, 0.25) is 0 Å². The summed E-state index contributed by atoms with van der Waals surface area (Å²) in [5.74, 6) is -0.581. The van der Waals surface area contributed by atoms with Crippen molar-refractivity contribution >= 4 is 0 Å². The molecule has 0 unspecified atom stereocenters. The van der Waals surface area contributed by atoms with Gasteiger partial charge in [-0.15, -0.1) is 5.10 Å². The maximum Gasteiger partial charge on any atom is 0.271 e. The highest BCUT2D eigenvalue weighted by Gasteiger charge is 2.12. The van der Waals surface area contributed by atoms with Gasteiger partial charge in [0.25, 0.3) is 5.56 Å². The average Bonchev–Trinajstić information content (AvgIpc) is 2.93. The molecule has 0 atom stereocenters. The third-order valence-electron chi connectivity index (χ3n) is 3.22. The molecule has 0 radical (unpaired) electrons. The van der Waals surface area contributed by atoms with Crippen LogP contribution in [-0.4, -0.2) is 35.0 Å². The number of aliphatic hydroxyl groups is 2. The molecule has 0 spiro atoms. The molecule has 1 aromatic carbocycles. The number of hydrogen-bond acceptors (Lipinski definition) is 6. The van der Waals surface area contributed by atoms with Crippen molar-refractivity contribution in [1.82, 2.24) is 24.8 Å². The van der Waals surface area contributed by atoms with Gasteiger partial charge in [-0.25, -0.2) is 9.07 Å². The minimum atomic E-state index is -1.84. The molecule has 8 nitrogen and oxygen atoms in total. The van der Waals surface area contributed by atoms with E-state index in [1.807, 2.05) is 0 Å². The van der Waals surface area contributed by atoms with Crippen molar-refractivity contribution in [3.05, 3.63) is 58.4 Å². The lowest BCUT2D eigenvalue weighted by atomic mass is 10.1. The molecule has 0 aliphatic rings. The van der Waals surface area contributed by atoms with Crippen molar-refractivity contribution in [2.24, 2.45) is 7.05 Å². The van der Waals surface area contributed by atoms with Gasteiger partial charge in [0.1, 0.15) is 11.5 Å². The van der Waals surface area contributed by atoms with Gasteiger partial charge < -0.3 is 10.2 Å². The molecule has 2 N–H and O–H groups in total. The van der Waals surface area contributed by atoms with Gasteiger partial charge in [0, 0.05) is 18.7 Å². The molecule has 2 aromatic heterocycles. The molecule has 3 aromatic rings. The van der Waals surface area contributed by atoms with E-state index in [1.54, 1.807) is 7.05 Å². The van der Waals surface area contributed by atoms with Crippen molar-refractivity contribution in [1.29, 1.82) is 0 Å². The Balaban J connectivity index is 2.18. The number of rotatable bonds is 3. The van der Waals surface area contributed by atoms with Gasteiger partial charge in [-0.3, -0.25) is 4.79 Å². The van der Waals surface area contributed by atoms with Crippen LogP contribution in [0.4, 0.5) is 4.39 Å². The van der Waals surface area contributed by atoms with Crippen LogP contribution in [-0.2, 0) is 7.05 Å². The maximum atomic E-state index is 13.9. The molecule has 0 aliphatic heterocycles. The molecule has 118 valence electrons. The average molecular weight is 317 g/mol. The summed E-state index contributed by atoms with van der Waals surface area (Å²) in [6.45, 7) is 0. The van der Waals surface area contributed by atoms with Crippen LogP contribution in [0.5, 0.6) is 0 Å². The number of benzene rings is 1. The highest BCUT2D eigenvalue weighted by molar-refractivity contribution is 5.61. The first-order chi connectivity index (χ1) is 11.0. The van der Waals surface area contributed by atoms with E-state index in [0.717, 1.165) is 16.8 Å². The number of aryl methyl sites for hydroxylation is 1. The van der Waals surface area contributed by atoms with Crippen LogP contribution in [0.3, 0.4) is 0 Å². The number of aliphatic hydroxyl groups excluding tert-OH is 1. The first kappa shape index (κ1) is 15.0. The highest BCUT2D eigenvalue weighted by Crippen LogP contribution is 2.22. The van der Waals surface area contributed by atoms with E-state index in [0.29, 0.717) is 11.3 Å². The zero-order chi connectivity index (χ0) is 16.6. The van der Waals surface area contributed by atoms with Crippen LogP contribution in [0, 0.1) is 5.82 Å². The second-order valence-electron chi connectivity index (χ2n) is 4.82. The van der Waals surface area contributed by atoms with Gasteiger partial charge in [-0.05, 0) is 24.3 Å². The van der Waals surface area contributed by atoms with E-state index in [-0.39, 0.29) is 11.4 Å². The Morgan fingerprint density at radius 2 is 2.00 bits per heavy atom. The van der Waals surface area contributed by atoms with Gasteiger partial charge >= 0.3 is 0 Å². The molecule has 0 bridgehead atoms. The third kappa shape index (κ3) is 2.87. The van der Waals surface area contributed by atoms with Crippen molar-refractivity contribution in [3.8, 4) is 16.9 Å². The summed E-state index contributed by atoms with van der Waals surface area (Å²) < 4.78 is 16.3. The Morgan fingerprint density at radius 3 is 2.65 bits per heavy atom. The lowest BCUT2D eigenvalue weighted by Crippen LogP contribution is -2.22. The Morgan fingerprint density at radius 1 is 1.22 bits per heavy atom. The summed E-state index contributed by atoms with van der Waals surface area (Å²) in [5, 5.41) is 29.7. The molecule has 9 heteroatoms. The predicted molar refractivity (Wildman–Crippen MR) is 77.0 cm³/mol. The Bertz CT molecular complexity index is 919. The van der Waals surface area contributed by atoms with E-state index < -0.39 is 17.7 Å². The van der Waals surface area contributed by atoms with E-state index in [1.165, 1.54) is 29.1 Å². The topological polar surface area (TPSA) is 106 Å². The van der Waals surface area contributed by atoms with E-state index >= 15 is 0 Å². The summed E-state index contributed by atoms with van der Waals surface area (Å²) >= 11 is 0. The molecule has 0 aliphatic carbocycles. The number of nitrogens with zero attached hydrogens (tertiary/aromatic N) is 5. The van der Waals surface area contributed by atoms with E-state index in [4.69, 9.17) is 10.2 Å². The SMILES string of the molecule is Cn1nncc1-c1cc(F)cc(-n2nc(C(O)O)ccc2=O)c1. The molecular formula is C14H12FN5O3. The third-order valence-corrected chi connectivity index (χ3v) is 3.22. The van der Waals surface area contributed by atoms with Crippen LogP contribution in [0.2, 0.25) is 0 Å². The fraction of sp³-hybridized carbons (Fsp3) is 0.143. The zero-order valence-electron chi connectivity index (χ0n) is 12.0. The number of aromatic nitrogens is 5. The van der Waals surface area contributed by atoms with Gasteiger partial charge in [-0.1, -0.05) is 5.21 Å². The quantitative estimate of drug-likeness (QED) is 0.666. The molecule has 2 heterocycles. The van der Waals surface area contributed by atoms with Gasteiger partial charge in [-0.2, -0.15) is 9.78 Å².